The topological polar surface area (TPSA) is 38.9 Å². The number of aryl methyl sites for hydroxylation is 1. The summed E-state index contributed by atoms with van der Waals surface area (Å²) in [6.45, 7) is 2.74. The normalized spacial score (nSPS) is 10.7. The lowest BCUT2D eigenvalue weighted by atomic mass is 10.0. The van der Waals surface area contributed by atoms with Gasteiger partial charge in [0.25, 0.3) is 0 Å². The summed E-state index contributed by atoms with van der Waals surface area (Å²) in [5.41, 5.74) is 8.05. The second kappa shape index (κ2) is 3.76. The van der Waals surface area contributed by atoms with E-state index in [-0.39, 0.29) is 0 Å². The van der Waals surface area contributed by atoms with Gasteiger partial charge in [-0.2, -0.15) is 0 Å². The van der Waals surface area contributed by atoms with Crippen molar-refractivity contribution in [2.45, 2.75) is 19.9 Å². The molecule has 2 heteroatoms. The van der Waals surface area contributed by atoms with Crippen molar-refractivity contribution in [2.75, 3.05) is 0 Å². The van der Waals surface area contributed by atoms with Crippen molar-refractivity contribution in [1.82, 2.24) is 4.98 Å². The van der Waals surface area contributed by atoms with Crippen LogP contribution in [0.2, 0.25) is 0 Å². The van der Waals surface area contributed by atoms with E-state index < -0.39 is 0 Å². The molecular weight excluding hydrogens is 172 g/mol. The first-order valence-corrected chi connectivity index (χ1v) is 4.90. The number of pyridine rings is 1. The molecule has 1 heterocycles. The fourth-order valence-electron chi connectivity index (χ4n) is 1.70. The molecule has 0 spiro atoms. The molecule has 2 N–H and O–H groups in total. The van der Waals surface area contributed by atoms with Crippen molar-refractivity contribution in [1.29, 1.82) is 0 Å². The third-order valence-electron chi connectivity index (χ3n) is 2.52. The summed E-state index contributed by atoms with van der Waals surface area (Å²) in [7, 11) is 0. The van der Waals surface area contributed by atoms with Gasteiger partial charge in [-0.3, -0.25) is 4.98 Å². The second-order valence-corrected chi connectivity index (χ2v) is 3.41. The van der Waals surface area contributed by atoms with Crippen LogP contribution in [0.3, 0.4) is 0 Å². The predicted molar refractivity (Wildman–Crippen MR) is 59.0 cm³/mol. The minimum Gasteiger partial charge on any atom is -0.326 e. The van der Waals surface area contributed by atoms with Crippen molar-refractivity contribution in [3.05, 3.63) is 41.7 Å². The van der Waals surface area contributed by atoms with E-state index in [1.165, 1.54) is 16.3 Å². The molecule has 2 aromatic rings. The molecule has 2 nitrogen and oxygen atoms in total. The Morgan fingerprint density at radius 3 is 2.86 bits per heavy atom. The van der Waals surface area contributed by atoms with Crippen LogP contribution in [0.5, 0.6) is 0 Å². The highest BCUT2D eigenvalue weighted by Gasteiger charge is 1.99. The highest BCUT2D eigenvalue weighted by molar-refractivity contribution is 5.85. The zero-order chi connectivity index (χ0) is 9.97. The van der Waals surface area contributed by atoms with E-state index >= 15 is 0 Å². The third kappa shape index (κ3) is 1.49. The summed E-state index contributed by atoms with van der Waals surface area (Å²) < 4.78 is 0. The van der Waals surface area contributed by atoms with Gasteiger partial charge < -0.3 is 5.73 Å². The van der Waals surface area contributed by atoms with Crippen molar-refractivity contribution < 1.29 is 0 Å². The Kier molecular flexibility index (Phi) is 2.46. The quantitative estimate of drug-likeness (QED) is 0.781. The molecule has 0 radical (unpaired) electrons. The van der Waals surface area contributed by atoms with E-state index in [0.29, 0.717) is 6.54 Å². The molecule has 2 rings (SSSR count). The largest absolute Gasteiger partial charge is 0.326 e. The summed E-state index contributed by atoms with van der Waals surface area (Å²) in [6.07, 6.45) is 4.85. The van der Waals surface area contributed by atoms with Crippen molar-refractivity contribution >= 4 is 10.8 Å². The number of hydrogen-bond acceptors (Lipinski definition) is 2. The molecule has 0 atom stereocenters. The number of rotatable bonds is 2. The van der Waals surface area contributed by atoms with E-state index in [9.17, 15) is 0 Å². The summed E-state index contributed by atoms with van der Waals surface area (Å²) in [6, 6.07) is 6.33. The zero-order valence-electron chi connectivity index (χ0n) is 8.33. The van der Waals surface area contributed by atoms with Crippen LogP contribution < -0.4 is 5.73 Å². The van der Waals surface area contributed by atoms with Crippen LogP contribution in [0.15, 0.2) is 30.6 Å². The maximum atomic E-state index is 5.59. The Balaban J connectivity index is 2.67. The van der Waals surface area contributed by atoms with Crippen LogP contribution >= 0.6 is 0 Å². The van der Waals surface area contributed by atoms with Gasteiger partial charge in [0.1, 0.15) is 0 Å². The number of fused-ring (bicyclic) bond motifs is 1. The maximum Gasteiger partial charge on any atom is 0.0346 e. The van der Waals surface area contributed by atoms with Crippen molar-refractivity contribution in [3.63, 3.8) is 0 Å². The van der Waals surface area contributed by atoms with Gasteiger partial charge >= 0.3 is 0 Å². The number of aromatic nitrogens is 1. The lowest BCUT2D eigenvalue weighted by Crippen LogP contribution is -1.96. The number of nitrogens with zero attached hydrogens (tertiary/aromatic N) is 1. The number of nitrogens with two attached hydrogens (primary N) is 1. The van der Waals surface area contributed by atoms with Gasteiger partial charge in [0.15, 0.2) is 0 Å². The van der Waals surface area contributed by atoms with Crippen LogP contribution in [-0.4, -0.2) is 4.98 Å². The third-order valence-corrected chi connectivity index (χ3v) is 2.52. The Morgan fingerprint density at radius 2 is 2.14 bits per heavy atom. The predicted octanol–water partition coefficient (Wildman–Crippen LogP) is 2.26. The average Bonchev–Trinajstić information content (AvgIpc) is 2.27. The van der Waals surface area contributed by atoms with Gasteiger partial charge in [0.2, 0.25) is 0 Å². The van der Waals surface area contributed by atoms with E-state index in [4.69, 9.17) is 5.73 Å². The molecule has 0 fully saturated rings. The minimum absolute atomic E-state index is 0.590. The lowest BCUT2D eigenvalue weighted by Gasteiger charge is -2.04. The van der Waals surface area contributed by atoms with Crippen LogP contribution in [0, 0.1) is 0 Å². The molecule has 0 aliphatic rings. The Morgan fingerprint density at radius 1 is 1.29 bits per heavy atom. The highest BCUT2D eigenvalue weighted by atomic mass is 14.6. The zero-order valence-corrected chi connectivity index (χ0v) is 8.33. The number of hydrogen-bond donors (Lipinski definition) is 1. The Bertz CT molecular complexity index is 449. The van der Waals surface area contributed by atoms with Crippen LogP contribution in [0.4, 0.5) is 0 Å². The fraction of sp³-hybridized carbons (Fsp3) is 0.250. The number of benzene rings is 1. The molecule has 0 saturated heterocycles. The molecular formula is C12H14N2. The molecule has 0 aliphatic carbocycles. The van der Waals surface area contributed by atoms with E-state index in [1.54, 1.807) is 0 Å². The summed E-state index contributed by atoms with van der Waals surface area (Å²) in [5, 5.41) is 2.48. The molecule has 0 unspecified atom stereocenters. The van der Waals surface area contributed by atoms with Gasteiger partial charge in [0, 0.05) is 24.3 Å². The first kappa shape index (κ1) is 9.16. The summed E-state index contributed by atoms with van der Waals surface area (Å²) in [5.74, 6) is 0. The molecule has 0 amide bonds. The standard InChI is InChI=1S/C12H14N2/c1-2-10-7-14-8-11-5-9(6-13)3-4-12(10)11/h3-5,7-8H,2,6,13H2,1H3. The Labute approximate surface area is 83.8 Å². The maximum absolute atomic E-state index is 5.59. The first-order valence-electron chi connectivity index (χ1n) is 4.90. The Hall–Kier alpha value is -1.41. The molecule has 0 aliphatic heterocycles. The summed E-state index contributed by atoms with van der Waals surface area (Å²) >= 11 is 0. The molecule has 72 valence electrons. The van der Waals surface area contributed by atoms with Gasteiger partial charge in [0.05, 0.1) is 0 Å². The van der Waals surface area contributed by atoms with E-state index in [2.05, 4.69) is 30.1 Å². The van der Waals surface area contributed by atoms with Crippen molar-refractivity contribution in [3.8, 4) is 0 Å². The van der Waals surface area contributed by atoms with Gasteiger partial charge in [-0.1, -0.05) is 19.1 Å². The highest BCUT2D eigenvalue weighted by Crippen LogP contribution is 2.19. The smallest absolute Gasteiger partial charge is 0.0346 e. The van der Waals surface area contributed by atoms with E-state index in [0.717, 1.165) is 12.0 Å². The van der Waals surface area contributed by atoms with Gasteiger partial charge in [-0.15, -0.1) is 0 Å². The average molecular weight is 186 g/mol. The fourth-order valence-corrected chi connectivity index (χ4v) is 1.70. The van der Waals surface area contributed by atoms with Crippen LogP contribution in [0.1, 0.15) is 18.1 Å². The molecule has 0 bridgehead atoms. The van der Waals surface area contributed by atoms with Crippen LogP contribution in [0.25, 0.3) is 10.8 Å². The minimum atomic E-state index is 0.590. The SMILES string of the molecule is CCc1cncc2cc(CN)ccc12. The summed E-state index contributed by atoms with van der Waals surface area (Å²) in [4.78, 5) is 4.22. The van der Waals surface area contributed by atoms with Crippen LogP contribution in [-0.2, 0) is 13.0 Å². The molecule has 0 saturated carbocycles. The van der Waals surface area contributed by atoms with Crippen molar-refractivity contribution in [2.24, 2.45) is 5.73 Å². The first-order chi connectivity index (χ1) is 6.85. The molecule has 14 heavy (non-hydrogen) atoms. The second-order valence-electron chi connectivity index (χ2n) is 3.41. The monoisotopic (exact) mass is 186 g/mol. The molecule has 1 aromatic heterocycles. The molecule has 1 aromatic carbocycles. The van der Waals surface area contributed by atoms with Gasteiger partial charge in [-0.25, -0.2) is 0 Å². The lowest BCUT2D eigenvalue weighted by molar-refractivity contribution is 1.07. The van der Waals surface area contributed by atoms with Gasteiger partial charge in [-0.05, 0) is 29.0 Å². The van der Waals surface area contributed by atoms with E-state index in [1.807, 2.05) is 12.4 Å².